The van der Waals surface area contributed by atoms with Crippen LogP contribution in [-0.2, 0) is 14.3 Å². The van der Waals surface area contributed by atoms with Gasteiger partial charge in [-0.15, -0.1) is 0 Å². The molecule has 9 heteroatoms. The predicted molar refractivity (Wildman–Crippen MR) is 113 cm³/mol. The van der Waals surface area contributed by atoms with Crippen molar-refractivity contribution in [2.24, 2.45) is 0 Å². The topological polar surface area (TPSA) is 106 Å². The van der Waals surface area contributed by atoms with Crippen LogP contribution in [0.4, 0.5) is 4.39 Å². The van der Waals surface area contributed by atoms with Crippen LogP contribution in [0.3, 0.4) is 0 Å². The number of carbonyl (C=O) groups excluding carboxylic acids is 2. The van der Waals surface area contributed by atoms with Gasteiger partial charge in [0.2, 0.25) is 0 Å². The Labute approximate surface area is 184 Å². The van der Waals surface area contributed by atoms with Gasteiger partial charge in [-0.25, -0.2) is 4.39 Å². The lowest BCUT2D eigenvalue weighted by molar-refractivity contribution is -0.140. The van der Waals surface area contributed by atoms with Crippen molar-refractivity contribution in [2.75, 3.05) is 40.6 Å². The minimum Gasteiger partial charge on any atom is -0.507 e. The second kappa shape index (κ2) is 10.3. The third kappa shape index (κ3) is 4.58. The van der Waals surface area contributed by atoms with E-state index in [1.165, 1.54) is 31.3 Å². The van der Waals surface area contributed by atoms with Gasteiger partial charge in [0.05, 0.1) is 45.7 Å². The van der Waals surface area contributed by atoms with Crippen LogP contribution in [0, 0.1) is 5.82 Å². The summed E-state index contributed by atoms with van der Waals surface area (Å²) in [5.74, 6) is -1.77. The van der Waals surface area contributed by atoms with Gasteiger partial charge in [-0.2, -0.15) is 0 Å². The summed E-state index contributed by atoms with van der Waals surface area (Å²) in [4.78, 5) is 27.1. The molecule has 3 rings (SSSR count). The van der Waals surface area contributed by atoms with Crippen molar-refractivity contribution in [3.63, 3.8) is 0 Å². The molecule has 1 saturated heterocycles. The van der Waals surface area contributed by atoms with Crippen molar-refractivity contribution in [3.8, 4) is 11.5 Å². The lowest BCUT2D eigenvalue weighted by Crippen LogP contribution is -2.33. The Morgan fingerprint density at radius 2 is 1.78 bits per heavy atom. The Morgan fingerprint density at radius 1 is 1.06 bits per heavy atom. The highest BCUT2D eigenvalue weighted by molar-refractivity contribution is 6.46. The van der Waals surface area contributed by atoms with E-state index < -0.39 is 29.3 Å². The molecule has 0 saturated carbocycles. The van der Waals surface area contributed by atoms with Crippen LogP contribution in [0.1, 0.15) is 17.2 Å². The van der Waals surface area contributed by atoms with Gasteiger partial charge in [0.25, 0.3) is 11.7 Å². The lowest BCUT2D eigenvalue weighted by Gasteiger charge is -2.26. The number of benzene rings is 2. The third-order valence-corrected chi connectivity index (χ3v) is 5.11. The maximum atomic E-state index is 13.4. The molecule has 1 aliphatic heterocycles. The molecular formula is C23H24FNO7. The zero-order valence-corrected chi connectivity index (χ0v) is 17.7. The molecular weight excluding hydrogens is 421 g/mol. The summed E-state index contributed by atoms with van der Waals surface area (Å²) in [5.41, 5.74) is 0.504. The van der Waals surface area contributed by atoms with Crippen molar-refractivity contribution in [1.29, 1.82) is 0 Å². The van der Waals surface area contributed by atoms with E-state index in [-0.39, 0.29) is 37.5 Å². The molecule has 0 aliphatic carbocycles. The first-order chi connectivity index (χ1) is 15.4. The van der Waals surface area contributed by atoms with Crippen LogP contribution in [0.15, 0.2) is 48.0 Å². The number of methoxy groups -OCH3 is 2. The van der Waals surface area contributed by atoms with Crippen LogP contribution in [0.5, 0.6) is 11.5 Å². The fourth-order valence-corrected chi connectivity index (χ4v) is 3.57. The number of hydrogen-bond acceptors (Lipinski definition) is 7. The number of likely N-dealkylation sites (tertiary alicyclic amines) is 1. The fourth-order valence-electron chi connectivity index (χ4n) is 3.57. The largest absolute Gasteiger partial charge is 0.507 e. The maximum Gasteiger partial charge on any atom is 0.295 e. The second-order valence-corrected chi connectivity index (χ2v) is 6.94. The van der Waals surface area contributed by atoms with Gasteiger partial charge in [0, 0.05) is 23.7 Å². The maximum absolute atomic E-state index is 13.4. The molecule has 1 amide bonds. The number of halogens is 1. The molecule has 1 heterocycles. The van der Waals surface area contributed by atoms with Crippen molar-refractivity contribution >= 4 is 17.4 Å². The monoisotopic (exact) mass is 445 g/mol. The normalized spacial score (nSPS) is 17.6. The number of ketones is 1. The molecule has 32 heavy (non-hydrogen) atoms. The van der Waals surface area contributed by atoms with Crippen LogP contribution in [0.25, 0.3) is 5.76 Å². The van der Waals surface area contributed by atoms with Crippen LogP contribution < -0.4 is 9.47 Å². The summed E-state index contributed by atoms with van der Waals surface area (Å²) in [7, 11) is 2.93. The molecule has 2 aromatic carbocycles. The Balaban J connectivity index is 2.14. The quantitative estimate of drug-likeness (QED) is 0.264. The van der Waals surface area contributed by atoms with E-state index in [0.29, 0.717) is 17.1 Å². The Hall–Kier alpha value is -3.43. The van der Waals surface area contributed by atoms with Gasteiger partial charge in [-0.1, -0.05) is 0 Å². The Bertz CT molecular complexity index is 1020. The number of carbonyl (C=O) groups is 2. The van der Waals surface area contributed by atoms with Crippen molar-refractivity contribution in [2.45, 2.75) is 6.04 Å². The number of ether oxygens (including phenoxy) is 3. The standard InChI is InChI=1S/C23H24FNO7/c1-30-16-7-8-17(18(13-16)31-2)20-19(21(27)14-3-5-15(24)6-4-14)22(28)23(29)25(20)9-11-32-12-10-26/h3-8,13,20,26-27H,9-12H2,1-2H3/b21-19+. The van der Waals surface area contributed by atoms with Crippen LogP contribution in [0.2, 0.25) is 0 Å². The number of aliphatic hydroxyl groups excluding tert-OH is 2. The third-order valence-electron chi connectivity index (χ3n) is 5.11. The fraction of sp³-hybridized carbons (Fsp3) is 0.304. The summed E-state index contributed by atoms with van der Waals surface area (Å²) >= 11 is 0. The van der Waals surface area contributed by atoms with E-state index in [4.69, 9.17) is 19.3 Å². The number of hydrogen-bond donors (Lipinski definition) is 2. The van der Waals surface area contributed by atoms with Gasteiger partial charge >= 0.3 is 0 Å². The van der Waals surface area contributed by atoms with E-state index in [1.807, 2.05) is 0 Å². The van der Waals surface area contributed by atoms with Crippen molar-refractivity contribution in [1.82, 2.24) is 4.90 Å². The Kier molecular flexibility index (Phi) is 7.45. The summed E-state index contributed by atoms with van der Waals surface area (Å²) < 4.78 is 29.3. The lowest BCUT2D eigenvalue weighted by atomic mass is 9.94. The van der Waals surface area contributed by atoms with E-state index >= 15 is 0 Å². The summed E-state index contributed by atoms with van der Waals surface area (Å²) in [5, 5.41) is 19.9. The highest BCUT2D eigenvalue weighted by atomic mass is 19.1. The van der Waals surface area contributed by atoms with E-state index in [0.717, 1.165) is 12.1 Å². The molecule has 1 atom stereocenters. The molecule has 0 aromatic heterocycles. The molecule has 1 unspecified atom stereocenters. The highest BCUT2D eigenvalue weighted by Gasteiger charge is 2.47. The van der Waals surface area contributed by atoms with Crippen LogP contribution >= 0.6 is 0 Å². The van der Waals surface area contributed by atoms with Gasteiger partial charge in [0.1, 0.15) is 23.1 Å². The average Bonchev–Trinajstić information content (AvgIpc) is 3.06. The molecule has 2 N–H and O–H groups in total. The summed E-state index contributed by atoms with van der Waals surface area (Å²) in [6.07, 6.45) is 0. The number of aliphatic hydroxyl groups is 2. The number of rotatable bonds is 9. The van der Waals surface area contributed by atoms with Gasteiger partial charge < -0.3 is 29.3 Å². The van der Waals surface area contributed by atoms with Crippen molar-refractivity contribution in [3.05, 3.63) is 65.0 Å². The van der Waals surface area contributed by atoms with E-state index in [1.54, 1.807) is 18.2 Å². The van der Waals surface area contributed by atoms with Gasteiger partial charge in [-0.3, -0.25) is 9.59 Å². The Morgan fingerprint density at radius 3 is 2.41 bits per heavy atom. The molecule has 8 nitrogen and oxygen atoms in total. The molecule has 1 aliphatic rings. The molecule has 170 valence electrons. The minimum absolute atomic E-state index is 0.0324. The van der Waals surface area contributed by atoms with Crippen LogP contribution in [-0.4, -0.2) is 67.4 Å². The number of amides is 1. The number of nitrogens with zero attached hydrogens (tertiary/aromatic N) is 1. The minimum atomic E-state index is -0.973. The predicted octanol–water partition coefficient (Wildman–Crippen LogP) is 2.27. The highest BCUT2D eigenvalue weighted by Crippen LogP contribution is 2.43. The SMILES string of the molecule is COc1ccc(C2/C(=C(\O)c3ccc(F)cc3)C(=O)C(=O)N2CCOCCO)c(OC)c1. The zero-order chi connectivity index (χ0) is 23.3. The zero-order valence-electron chi connectivity index (χ0n) is 17.7. The molecule has 2 aromatic rings. The van der Waals surface area contributed by atoms with Crippen molar-refractivity contribution < 1.29 is 38.4 Å². The molecule has 1 fully saturated rings. The average molecular weight is 445 g/mol. The van der Waals surface area contributed by atoms with E-state index in [2.05, 4.69) is 0 Å². The smallest absolute Gasteiger partial charge is 0.295 e. The van der Waals surface area contributed by atoms with Gasteiger partial charge in [-0.05, 0) is 36.4 Å². The first kappa shape index (κ1) is 23.2. The first-order valence-corrected chi connectivity index (χ1v) is 9.87. The summed E-state index contributed by atoms with van der Waals surface area (Å²) in [6.45, 7) is -0.00109. The van der Waals surface area contributed by atoms with E-state index in [9.17, 15) is 19.1 Å². The molecule has 0 bridgehead atoms. The summed E-state index contributed by atoms with van der Waals surface area (Å²) in [6, 6.07) is 8.88. The molecule has 0 radical (unpaired) electrons. The first-order valence-electron chi connectivity index (χ1n) is 9.87. The second-order valence-electron chi connectivity index (χ2n) is 6.94. The number of Topliss-reactive ketones (excluding diaryl/α,β-unsaturated/α-hetero) is 1. The molecule has 0 spiro atoms. The van der Waals surface area contributed by atoms with Gasteiger partial charge in [0.15, 0.2) is 0 Å².